The highest BCUT2D eigenvalue weighted by Crippen LogP contribution is 2.04. The Hall–Kier alpha value is -1.31. The van der Waals surface area contributed by atoms with Crippen LogP contribution in [0.1, 0.15) is 12.5 Å². The van der Waals surface area contributed by atoms with Crippen molar-refractivity contribution in [3.63, 3.8) is 0 Å². The van der Waals surface area contributed by atoms with Gasteiger partial charge < -0.3 is 0 Å². The van der Waals surface area contributed by atoms with Gasteiger partial charge in [0.05, 0.1) is 12.4 Å². The first kappa shape index (κ1) is 6.40. The summed E-state index contributed by atoms with van der Waals surface area (Å²) in [6.45, 7) is 2.14. The van der Waals surface area contributed by atoms with Gasteiger partial charge in [0, 0.05) is 6.20 Å². The van der Waals surface area contributed by atoms with Crippen LogP contribution in [0.5, 0.6) is 0 Å². The summed E-state index contributed by atoms with van der Waals surface area (Å²) >= 11 is 0. The summed E-state index contributed by atoms with van der Waals surface area (Å²) in [6.07, 6.45) is 7.71. The van der Waals surface area contributed by atoms with E-state index in [9.17, 15) is 0 Å². The van der Waals surface area contributed by atoms with Gasteiger partial charge in [0.1, 0.15) is 5.65 Å². The molecule has 0 atom stereocenters. The van der Waals surface area contributed by atoms with Crippen LogP contribution in [0.2, 0.25) is 0 Å². The number of pyridine rings is 1. The summed E-state index contributed by atoms with van der Waals surface area (Å²) in [5, 5.41) is 0. The molecule has 0 aliphatic carbocycles. The molecule has 55 valence electrons. The fourth-order valence-corrected chi connectivity index (χ4v) is 1.12. The predicted octanol–water partition coefficient (Wildman–Crippen LogP) is 1.70. The van der Waals surface area contributed by atoms with Crippen LogP contribution < -0.4 is 0 Å². The number of aromatic nitrogens is 2. The van der Waals surface area contributed by atoms with Crippen LogP contribution in [-0.4, -0.2) is 9.38 Å². The van der Waals surface area contributed by atoms with Gasteiger partial charge in [0.25, 0.3) is 0 Å². The summed E-state index contributed by atoms with van der Waals surface area (Å²) in [6, 6.07) is 4.17. The first-order valence-electron chi connectivity index (χ1n) is 3.74. The maximum Gasteiger partial charge on any atom is 0.137 e. The van der Waals surface area contributed by atoms with Crippen molar-refractivity contribution >= 4 is 5.65 Å². The average Bonchev–Trinajstić information content (AvgIpc) is 2.50. The molecule has 0 spiro atoms. The first-order valence-corrected chi connectivity index (χ1v) is 3.74. The molecule has 2 aromatic rings. The number of hydrogen-bond acceptors (Lipinski definition) is 1. The molecular weight excluding hydrogens is 136 g/mol. The third-order valence-electron chi connectivity index (χ3n) is 1.80. The number of hydrogen-bond donors (Lipinski definition) is 0. The fourth-order valence-electron chi connectivity index (χ4n) is 1.12. The summed E-state index contributed by atoms with van der Waals surface area (Å²) < 4.78 is 1.89. The van der Waals surface area contributed by atoms with Crippen molar-refractivity contribution in [3.05, 3.63) is 36.3 Å². The molecule has 0 N–H and O–H groups in total. The Morgan fingerprint density at radius 1 is 1.64 bits per heavy atom. The smallest absolute Gasteiger partial charge is 0.137 e. The molecule has 11 heavy (non-hydrogen) atoms. The Kier molecular flexibility index (Phi) is 1.39. The van der Waals surface area contributed by atoms with Crippen LogP contribution in [0, 0.1) is 6.20 Å². The van der Waals surface area contributed by atoms with E-state index in [-0.39, 0.29) is 0 Å². The van der Waals surface area contributed by atoms with Crippen LogP contribution in [0.25, 0.3) is 5.65 Å². The van der Waals surface area contributed by atoms with E-state index in [1.807, 2.05) is 10.6 Å². The minimum absolute atomic E-state index is 0.976. The van der Waals surface area contributed by atoms with Crippen molar-refractivity contribution in [2.45, 2.75) is 13.3 Å². The van der Waals surface area contributed by atoms with E-state index in [0.717, 1.165) is 12.1 Å². The van der Waals surface area contributed by atoms with Gasteiger partial charge in [0.2, 0.25) is 0 Å². The summed E-state index contributed by atoms with van der Waals surface area (Å²) in [4.78, 5) is 4.13. The molecule has 0 unspecified atom stereocenters. The molecule has 0 aliphatic heterocycles. The van der Waals surface area contributed by atoms with Crippen molar-refractivity contribution in [3.8, 4) is 0 Å². The molecule has 1 radical (unpaired) electrons. The molecular formula is C9H9N2. The summed E-state index contributed by atoms with van der Waals surface area (Å²) in [7, 11) is 0. The second-order valence-corrected chi connectivity index (χ2v) is 2.50. The zero-order chi connectivity index (χ0) is 7.68. The van der Waals surface area contributed by atoms with E-state index in [4.69, 9.17) is 0 Å². The van der Waals surface area contributed by atoms with E-state index >= 15 is 0 Å². The van der Waals surface area contributed by atoms with E-state index < -0.39 is 0 Å². The van der Waals surface area contributed by atoms with Gasteiger partial charge in [0.15, 0.2) is 0 Å². The zero-order valence-corrected chi connectivity index (χ0v) is 6.41. The first-order chi connectivity index (χ1) is 5.40. The molecule has 2 heteroatoms. The number of imidazole rings is 1. The Morgan fingerprint density at radius 2 is 2.55 bits per heavy atom. The van der Waals surface area contributed by atoms with Gasteiger partial charge >= 0.3 is 0 Å². The normalized spacial score (nSPS) is 10.6. The van der Waals surface area contributed by atoms with Gasteiger partial charge in [-0.1, -0.05) is 6.92 Å². The van der Waals surface area contributed by atoms with Crippen molar-refractivity contribution in [1.82, 2.24) is 9.38 Å². The second kappa shape index (κ2) is 2.38. The largest absolute Gasteiger partial charge is 0.298 e. The Morgan fingerprint density at radius 3 is 3.36 bits per heavy atom. The maximum absolute atomic E-state index is 4.13. The van der Waals surface area contributed by atoms with Crippen molar-refractivity contribution in [2.24, 2.45) is 0 Å². The lowest BCUT2D eigenvalue weighted by Crippen LogP contribution is -1.85. The van der Waals surface area contributed by atoms with Crippen molar-refractivity contribution < 1.29 is 0 Å². The molecule has 2 aromatic heterocycles. The Balaban J connectivity index is 2.67. The lowest BCUT2D eigenvalue weighted by Gasteiger charge is -1.95. The lowest BCUT2D eigenvalue weighted by molar-refractivity contribution is 1.09. The van der Waals surface area contributed by atoms with E-state index in [1.165, 1.54) is 5.56 Å². The average molecular weight is 145 g/mol. The van der Waals surface area contributed by atoms with Crippen LogP contribution in [0.4, 0.5) is 0 Å². The van der Waals surface area contributed by atoms with E-state index in [1.54, 1.807) is 6.20 Å². The van der Waals surface area contributed by atoms with Crippen LogP contribution in [-0.2, 0) is 6.42 Å². The quantitative estimate of drug-likeness (QED) is 0.597. The van der Waals surface area contributed by atoms with Crippen LogP contribution in [0.15, 0.2) is 24.5 Å². The van der Waals surface area contributed by atoms with Gasteiger partial charge in [-0.3, -0.25) is 4.40 Å². The highest BCUT2D eigenvalue weighted by Gasteiger charge is 1.93. The molecule has 0 saturated carbocycles. The zero-order valence-electron chi connectivity index (χ0n) is 6.41. The molecule has 2 heterocycles. The molecule has 0 aromatic carbocycles. The number of aryl methyl sites for hydroxylation is 1. The van der Waals surface area contributed by atoms with E-state index in [2.05, 4.69) is 30.2 Å². The molecule has 0 saturated heterocycles. The third kappa shape index (κ3) is 1.00. The maximum atomic E-state index is 4.13. The lowest BCUT2D eigenvalue weighted by atomic mass is 10.2. The van der Waals surface area contributed by atoms with Crippen molar-refractivity contribution in [1.29, 1.82) is 0 Å². The second-order valence-electron chi connectivity index (χ2n) is 2.50. The number of fused-ring (bicyclic) bond motifs is 1. The Labute approximate surface area is 65.5 Å². The van der Waals surface area contributed by atoms with Gasteiger partial charge in [-0.2, -0.15) is 0 Å². The molecule has 2 nitrogen and oxygen atoms in total. The van der Waals surface area contributed by atoms with Gasteiger partial charge in [-0.15, -0.1) is 0 Å². The number of rotatable bonds is 1. The van der Waals surface area contributed by atoms with Crippen LogP contribution >= 0.6 is 0 Å². The standard InChI is InChI=1S/C9H9N2/c1-2-8-3-5-11-6-4-10-9(11)7-8/h3-5,7H,2H2,1H3. The highest BCUT2D eigenvalue weighted by molar-refractivity contribution is 5.40. The third-order valence-corrected chi connectivity index (χ3v) is 1.80. The summed E-state index contributed by atoms with van der Waals surface area (Å²) in [5.41, 5.74) is 2.29. The molecule has 0 fully saturated rings. The minimum atomic E-state index is 0.976. The summed E-state index contributed by atoms with van der Waals surface area (Å²) in [5.74, 6) is 0. The van der Waals surface area contributed by atoms with E-state index in [0.29, 0.717) is 0 Å². The van der Waals surface area contributed by atoms with Gasteiger partial charge in [-0.05, 0) is 24.1 Å². The van der Waals surface area contributed by atoms with Crippen molar-refractivity contribution in [2.75, 3.05) is 0 Å². The van der Waals surface area contributed by atoms with Gasteiger partial charge in [-0.25, -0.2) is 4.98 Å². The Bertz CT molecular complexity index is 362. The SMILES string of the molecule is CCc1ccn2[c]cnc2c1. The number of nitrogens with zero attached hydrogens (tertiary/aromatic N) is 2. The molecule has 0 amide bonds. The highest BCUT2D eigenvalue weighted by atomic mass is 15.0. The molecule has 0 aliphatic rings. The molecule has 0 bridgehead atoms. The minimum Gasteiger partial charge on any atom is -0.298 e. The fraction of sp³-hybridized carbons (Fsp3) is 0.222. The monoisotopic (exact) mass is 145 g/mol. The predicted molar refractivity (Wildman–Crippen MR) is 43.4 cm³/mol. The van der Waals surface area contributed by atoms with Crippen LogP contribution in [0.3, 0.4) is 0 Å². The topological polar surface area (TPSA) is 17.3 Å². The molecule has 2 rings (SSSR count).